The fourth-order valence-electron chi connectivity index (χ4n) is 1.84. The zero-order valence-corrected chi connectivity index (χ0v) is 13.7. The van der Waals surface area contributed by atoms with E-state index in [-0.39, 0.29) is 11.3 Å². The van der Waals surface area contributed by atoms with Gasteiger partial charge < -0.3 is 4.55 Å². The molecule has 2 rings (SSSR count). The minimum Gasteiger partial charge on any atom is -0.612 e. The van der Waals surface area contributed by atoms with Crippen LogP contribution in [0.5, 0.6) is 0 Å². The maximum absolute atomic E-state index is 12.8. The van der Waals surface area contributed by atoms with E-state index in [2.05, 4.69) is 15.9 Å². The number of benzene rings is 2. The van der Waals surface area contributed by atoms with Gasteiger partial charge in [0.15, 0.2) is 0 Å². The van der Waals surface area contributed by atoms with Crippen LogP contribution in [0.25, 0.3) is 6.08 Å². The average Bonchev–Trinajstić information content (AvgIpc) is 2.47. The largest absolute Gasteiger partial charge is 0.612 e. The summed E-state index contributed by atoms with van der Waals surface area (Å²) in [6, 6.07) is 12.5. The molecule has 2 aromatic carbocycles. The summed E-state index contributed by atoms with van der Waals surface area (Å²) < 4.78 is 51.4. The molecule has 6 heteroatoms. The van der Waals surface area contributed by atoms with Gasteiger partial charge in [-0.3, -0.25) is 0 Å². The summed E-state index contributed by atoms with van der Waals surface area (Å²) in [7, 11) is 0. The smallest absolute Gasteiger partial charge is 0.416 e. The van der Waals surface area contributed by atoms with Crippen LogP contribution in [0.1, 0.15) is 16.7 Å². The van der Waals surface area contributed by atoms with Gasteiger partial charge in [-0.1, -0.05) is 46.3 Å². The second-order valence-electron chi connectivity index (χ2n) is 4.54. The molecule has 0 spiro atoms. The molecule has 0 saturated heterocycles. The van der Waals surface area contributed by atoms with Crippen LogP contribution >= 0.6 is 15.9 Å². The minimum absolute atomic E-state index is 0.0131. The number of rotatable bonds is 4. The van der Waals surface area contributed by atoms with Crippen molar-refractivity contribution in [3.8, 4) is 0 Å². The van der Waals surface area contributed by atoms with Crippen LogP contribution in [0.3, 0.4) is 0 Å². The lowest BCUT2D eigenvalue weighted by molar-refractivity contribution is -0.137. The molecule has 0 aromatic heterocycles. The molecule has 1 unspecified atom stereocenters. The monoisotopic (exact) mass is 388 g/mol. The molecule has 0 amide bonds. The Morgan fingerprint density at radius 3 is 2.32 bits per heavy atom. The van der Waals surface area contributed by atoms with Crippen LogP contribution < -0.4 is 0 Å². The van der Waals surface area contributed by atoms with Crippen molar-refractivity contribution < 1.29 is 17.7 Å². The van der Waals surface area contributed by atoms with Crippen LogP contribution in [-0.4, -0.2) is 4.55 Å². The Balaban J connectivity index is 2.10. The highest BCUT2D eigenvalue weighted by molar-refractivity contribution is 9.10. The first-order valence-corrected chi connectivity index (χ1v) is 8.50. The van der Waals surface area contributed by atoms with Gasteiger partial charge in [0.2, 0.25) is 0 Å². The van der Waals surface area contributed by atoms with E-state index in [1.54, 1.807) is 0 Å². The lowest BCUT2D eigenvalue weighted by Gasteiger charge is -2.10. The van der Waals surface area contributed by atoms with Crippen LogP contribution in [0, 0.1) is 0 Å². The van der Waals surface area contributed by atoms with Crippen molar-refractivity contribution in [3.05, 3.63) is 75.1 Å². The lowest BCUT2D eigenvalue weighted by atomic mass is 10.1. The predicted molar refractivity (Wildman–Crippen MR) is 86.5 cm³/mol. The third-order valence-electron chi connectivity index (χ3n) is 2.89. The van der Waals surface area contributed by atoms with Gasteiger partial charge in [-0.15, -0.1) is 0 Å². The first-order valence-electron chi connectivity index (χ1n) is 6.32. The summed E-state index contributed by atoms with van der Waals surface area (Å²) in [5.41, 5.74) is 0.140. The Labute approximate surface area is 138 Å². The van der Waals surface area contributed by atoms with E-state index in [1.807, 2.05) is 24.3 Å². The summed E-state index contributed by atoms with van der Waals surface area (Å²) in [5, 5.41) is 1.30. The Bertz CT molecular complexity index is 653. The number of hydrogen-bond acceptors (Lipinski definition) is 1. The molecule has 0 N–H and O–H groups in total. The maximum atomic E-state index is 12.8. The van der Waals surface area contributed by atoms with Crippen LogP contribution in [0.15, 0.2) is 58.4 Å². The lowest BCUT2D eigenvalue weighted by Crippen LogP contribution is -2.07. The maximum Gasteiger partial charge on any atom is 0.416 e. The zero-order chi connectivity index (χ0) is 16.2. The quantitative estimate of drug-likeness (QED) is 0.644. The molecule has 1 atom stereocenters. The van der Waals surface area contributed by atoms with Gasteiger partial charge in [0, 0.05) is 10.0 Å². The van der Waals surface area contributed by atoms with Gasteiger partial charge in [-0.2, -0.15) is 13.2 Å². The third-order valence-corrected chi connectivity index (χ3v) is 4.47. The minimum atomic E-state index is -4.42. The second kappa shape index (κ2) is 7.35. The Kier molecular flexibility index (Phi) is 5.72. The van der Waals surface area contributed by atoms with Crippen molar-refractivity contribution in [3.63, 3.8) is 0 Å². The fraction of sp³-hybridized carbons (Fsp3) is 0.125. The molecule has 0 aliphatic heterocycles. The molecule has 0 heterocycles. The van der Waals surface area contributed by atoms with Gasteiger partial charge in [0.25, 0.3) is 0 Å². The molecule has 0 aliphatic carbocycles. The van der Waals surface area contributed by atoms with E-state index >= 15 is 0 Å². The van der Waals surface area contributed by atoms with Gasteiger partial charge in [-0.25, -0.2) is 0 Å². The molecule has 0 aliphatic rings. The van der Waals surface area contributed by atoms with Crippen molar-refractivity contribution >= 4 is 33.2 Å². The first kappa shape index (κ1) is 17.1. The van der Waals surface area contributed by atoms with E-state index in [0.29, 0.717) is 0 Å². The fourth-order valence-corrected chi connectivity index (χ4v) is 3.02. The molecule has 116 valence electrons. The van der Waals surface area contributed by atoms with Crippen LogP contribution in [0.2, 0.25) is 0 Å². The summed E-state index contributed by atoms with van der Waals surface area (Å²) >= 11 is 1.93. The highest BCUT2D eigenvalue weighted by Gasteiger charge is 2.32. The van der Waals surface area contributed by atoms with Crippen molar-refractivity contribution in [2.45, 2.75) is 11.9 Å². The molecule has 0 bridgehead atoms. The zero-order valence-electron chi connectivity index (χ0n) is 11.3. The summed E-state index contributed by atoms with van der Waals surface area (Å²) in [6.07, 6.45) is -3.16. The van der Waals surface area contributed by atoms with Crippen molar-refractivity contribution in [1.82, 2.24) is 0 Å². The van der Waals surface area contributed by atoms with Gasteiger partial charge >= 0.3 is 6.18 Å². The van der Waals surface area contributed by atoms with Crippen molar-refractivity contribution in [2.24, 2.45) is 0 Å². The topological polar surface area (TPSA) is 23.1 Å². The van der Waals surface area contributed by atoms with E-state index in [0.717, 1.165) is 16.1 Å². The molecule has 22 heavy (non-hydrogen) atoms. The van der Waals surface area contributed by atoms with Gasteiger partial charge in [-0.05, 0) is 41.0 Å². The third kappa shape index (κ3) is 4.90. The second-order valence-corrected chi connectivity index (χ2v) is 6.78. The van der Waals surface area contributed by atoms with Crippen LogP contribution in [0.4, 0.5) is 13.2 Å². The van der Waals surface area contributed by atoms with E-state index in [9.17, 15) is 17.7 Å². The Hall–Kier alpha value is -1.24. The number of halogens is 4. The molecular formula is C16H12BrF3OS. The molecule has 0 radical (unpaired) electrons. The normalized spacial score (nSPS) is 13.5. The molecule has 1 nitrogen and oxygen atoms in total. The number of alkyl halides is 3. The van der Waals surface area contributed by atoms with E-state index in [1.165, 1.54) is 29.7 Å². The predicted octanol–water partition coefficient (Wildman–Crippen LogP) is 5.39. The summed E-state index contributed by atoms with van der Waals surface area (Å²) in [6.45, 7) is 0. The van der Waals surface area contributed by atoms with Crippen molar-refractivity contribution in [1.29, 1.82) is 0 Å². The highest BCUT2D eigenvalue weighted by Crippen LogP contribution is 2.32. The molecule has 0 saturated carbocycles. The van der Waals surface area contributed by atoms with E-state index in [4.69, 9.17) is 0 Å². The standard InChI is InChI=1S/C16H12BrF3OS/c17-14-7-5-12(6-8-14)11-22(21)10-9-13-3-1-2-4-15(13)16(18,19)20/h1-10H,11H2. The van der Waals surface area contributed by atoms with E-state index < -0.39 is 22.9 Å². The summed E-state index contributed by atoms with van der Waals surface area (Å²) in [4.78, 5) is 0. The average molecular weight is 389 g/mol. The van der Waals surface area contributed by atoms with Gasteiger partial charge in [0.05, 0.1) is 5.56 Å². The number of hydrogen-bond donors (Lipinski definition) is 0. The van der Waals surface area contributed by atoms with Gasteiger partial charge in [0.1, 0.15) is 11.2 Å². The summed E-state index contributed by atoms with van der Waals surface area (Å²) in [5.74, 6) is 0.262. The van der Waals surface area contributed by atoms with Crippen molar-refractivity contribution in [2.75, 3.05) is 0 Å². The Morgan fingerprint density at radius 2 is 1.68 bits per heavy atom. The molecule has 0 fully saturated rings. The Morgan fingerprint density at radius 1 is 1.05 bits per heavy atom. The van der Waals surface area contributed by atoms with Crippen LogP contribution in [-0.2, 0) is 23.1 Å². The highest BCUT2D eigenvalue weighted by atomic mass is 79.9. The SMILES string of the molecule is [O-][S+](C=Cc1ccccc1C(F)(F)F)Cc1ccc(Br)cc1. The molecule has 2 aromatic rings. The molecular weight excluding hydrogens is 377 g/mol. The first-order chi connectivity index (χ1) is 10.4.